The lowest BCUT2D eigenvalue weighted by Crippen LogP contribution is -2.48. The van der Waals surface area contributed by atoms with Crippen LogP contribution in [0.4, 0.5) is 0 Å². The standard InChI is InChI=1S/C38H47NO4Si/c1-28(2)44(29(3)4,30(5)6)42-23-22-41-35-24-31(26-37(39)40)25-36(27-35)43-38(32-16-10-7-11-17-32,33-18-12-8-13-19-33)34-20-14-9-15-21-34/h7-21,24-25,27-30H,22-23,26H2,1-6H3,(H2,39,40). The van der Waals surface area contributed by atoms with E-state index >= 15 is 0 Å². The number of carbonyl (C=O) groups excluding carboxylic acids is 1. The third-order valence-electron chi connectivity index (χ3n) is 8.54. The SMILES string of the molecule is CC(C)[Si](OCCOc1cc(CC(N)=O)cc(OC(c2ccccc2)(c2ccccc2)c2ccccc2)c1)(C(C)C)C(C)C. The second-order valence-corrected chi connectivity index (χ2v) is 17.8. The minimum atomic E-state index is -2.02. The Hall–Kier alpha value is -3.87. The first-order valence-electron chi connectivity index (χ1n) is 15.6. The van der Waals surface area contributed by atoms with Gasteiger partial charge in [0.15, 0.2) is 13.9 Å². The molecule has 4 aromatic carbocycles. The second kappa shape index (κ2) is 14.7. The molecule has 0 heterocycles. The lowest BCUT2D eigenvalue weighted by molar-refractivity contribution is -0.117. The van der Waals surface area contributed by atoms with Crippen molar-refractivity contribution in [2.75, 3.05) is 13.2 Å². The molecule has 4 aromatic rings. The van der Waals surface area contributed by atoms with Crippen LogP contribution < -0.4 is 15.2 Å². The van der Waals surface area contributed by atoms with Gasteiger partial charge >= 0.3 is 0 Å². The number of hydrogen-bond acceptors (Lipinski definition) is 4. The van der Waals surface area contributed by atoms with Crippen LogP contribution in [-0.2, 0) is 21.2 Å². The van der Waals surface area contributed by atoms with Gasteiger partial charge in [0.2, 0.25) is 5.91 Å². The molecular weight excluding hydrogens is 563 g/mol. The van der Waals surface area contributed by atoms with Gasteiger partial charge < -0.3 is 19.6 Å². The topological polar surface area (TPSA) is 70.8 Å². The zero-order valence-corrected chi connectivity index (χ0v) is 28.0. The molecular formula is C38H47NO4Si. The molecule has 0 aliphatic carbocycles. The van der Waals surface area contributed by atoms with Crippen LogP contribution in [-0.4, -0.2) is 27.4 Å². The van der Waals surface area contributed by atoms with Crippen LogP contribution in [0, 0.1) is 0 Å². The van der Waals surface area contributed by atoms with Crippen molar-refractivity contribution in [1.82, 2.24) is 0 Å². The molecule has 0 unspecified atom stereocenters. The summed E-state index contributed by atoms with van der Waals surface area (Å²) in [4.78, 5) is 12.0. The van der Waals surface area contributed by atoms with E-state index in [4.69, 9.17) is 19.6 Å². The highest BCUT2D eigenvalue weighted by atomic mass is 28.4. The highest BCUT2D eigenvalue weighted by molar-refractivity contribution is 6.77. The van der Waals surface area contributed by atoms with Crippen molar-refractivity contribution in [3.8, 4) is 11.5 Å². The molecule has 0 radical (unpaired) electrons. The van der Waals surface area contributed by atoms with Crippen molar-refractivity contribution in [2.45, 2.75) is 70.2 Å². The van der Waals surface area contributed by atoms with Crippen molar-refractivity contribution in [3.63, 3.8) is 0 Å². The van der Waals surface area contributed by atoms with Gasteiger partial charge in [0, 0.05) is 22.8 Å². The van der Waals surface area contributed by atoms with Gasteiger partial charge in [0.25, 0.3) is 0 Å². The quantitative estimate of drug-likeness (QED) is 0.0832. The molecule has 4 rings (SSSR count). The fourth-order valence-electron chi connectivity index (χ4n) is 6.83. The molecule has 0 aliphatic rings. The van der Waals surface area contributed by atoms with Crippen molar-refractivity contribution in [1.29, 1.82) is 0 Å². The minimum Gasteiger partial charge on any atom is -0.491 e. The Bertz CT molecular complexity index is 1350. The first-order chi connectivity index (χ1) is 21.1. The molecule has 44 heavy (non-hydrogen) atoms. The minimum absolute atomic E-state index is 0.0726. The summed E-state index contributed by atoms with van der Waals surface area (Å²) in [5.74, 6) is 0.765. The highest BCUT2D eigenvalue weighted by Crippen LogP contribution is 2.43. The Labute approximate surface area is 264 Å². The number of primary amides is 1. The molecule has 5 nitrogen and oxygen atoms in total. The molecule has 0 atom stereocenters. The molecule has 2 N–H and O–H groups in total. The predicted octanol–water partition coefficient (Wildman–Crippen LogP) is 8.66. The van der Waals surface area contributed by atoms with Gasteiger partial charge in [-0.3, -0.25) is 4.79 Å². The Balaban J connectivity index is 1.73. The summed E-state index contributed by atoms with van der Waals surface area (Å²) in [6.45, 7) is 14.6. The van der Waals surface area contributed by atoms with Crippen LogP contribution in [0.15, 0.2) is 109 Å². The summed E-state index contributed by atoms with van der Waals surface area (Å²) >= 11 is 0. The average molecular weight is 610 g/mol. The number of rotatable bonds is 15. The number of amides is 1. The third-order valence-corrected chi connectivity index (χ3v) is 14.7. The Kier molecular flexibility index (Phi) is 11.1. The highest BCUT2D eigenvalue weighted by Gasteiger charge is 2.45. The lowest BCUT2D eigenvalue weighted by Gasteiger charge is -2.42. The first-order valence-corrected chi connectivity index (χ1v) is 17.8. The van der Waals surface area contributed by atoms with Gasteiger partial charge in [-0.05, 0) is 34.3 Å². The number of hydrogen-bond donors (Lipinski definition) is 1. The van der Waals surface area contributed by atoms with Crippen LogP contribution in [0.25, 0.3) is 0 Å². The smallest absolute Gasteiger partial charge is 0.221 e. The van der Waals surface area contributed by atoms with Gasteiger partial charge in [-0.25, -0.2) is 0 Å². The molecule has 232 valence electrons. The number of nitrogens with two attached hydrogens (primary N) is 1. The molecule has 0 aromatic heterocycles. The zero-order valence-electron chi connectivity index (χ0n) is 27.0. The van der Waals surface area contributed by atoms with Crippen molar-refractivity contribution >= 4 is 14.2 Å². The molecule has 0 bridgehead atoms. The maximum atomic E-state index is 12.0. The van der Waals surface area contributed by atoms with E-state index in [1.54, 1.807) is 0 Å². The maximum absolute atomic E-state index is 12.0. The normalized spacial score (nSPS) is 12.1. The first kappa shape index (κ1) is 33.0. The molecule has 0 aliphatic heterocycles. The van der Waals surface area contributed by atoms with E-state index < -0.39 is 19.8 Å². The number of ether oxygens (including phenoxy) is 2. The van der Waals surface area contributed by atoms with E-state index in [9.17, 15) is 4.79 Å². The Morgan fingerprint density at radius 3 is 1.50 bits per heavy atom. The van der Waals surface area contributed by atoms with E-state index in [0.717, 1.165) is 22.3 Å². The van der Waals surface area contributed by atoms with Gasteiger partial charge in [0.1, 0.15) is 18.1 Å². The predicted molar refractivity (Wildman–Crippen MR) is 182 cm³/mol. The van der Waals surface area contributed by atoms with E-state index in [1.165, 1.54) is 0 Å². The molecule has 0 fully saturated rings. The van der Waals surface area contributed by atoms with Crippen molar-refractivity contribution < 1.29 is 18.7 Å². The van der Waals surface area contributed by atoms with Crippen molar-refractivity contribution in [2.24, 2.45) is 5.73 Å². The van der Waals surface area contributed by atoms with Gasteiger partial charge in [-0.15, -0.1) is 0 Å². The molecule has 0 saturated heterocycles. The summed E-state index contributed by atoms with van der Waals surface area (Å²) in [6.07, 6.45) is 0.0726. The number of carbonyl (C=O) groups is 1. The maximum Gasteiger partial charge on any atom is 0.221 e. The summed E-state index contributed by atoms with van der Waals surface area (Å²) in [6, 6.07) is 36.2. The van der Waals surface area contributed by atoms with E-state index in [0.29, 0.717) is 41.3 Å². The van der Waals surface area contributed by atoms with E-state index in [2.05, 4.69) is 77.9 Å². The fraction of sp³-hybridized carbons (Fsp3) is 0.342. The van der Waals surface area contributed by atoms with Crippen LogP contribution in [0.3, 0.4) is 0 Å². The lowest BCUT2D eigenvalue weighted by atomic mass is 9.80. The molecule has 0 spiro atoms. The summed E-state index contributed by atoms with van der Waals surface area (Å²) < 4.78 is 20.1. The Morgan fingerprint density at radius 1 is 0.659 bits per heavy atom. The monoisotopic (exact) mass is 609 g/mol. The second-order valence-electron chi connectivity index (χ2n) is 12.4. The van der Waals surface area contributed by atoms with Gasteiger partial charge in [-0.2, -0.15) is 0 Å². The summed E-state index contributed by atoms with van der Waals surface area (Å²) in [7, 11) is -2.02. The van der Waals surface area contributed by atoms with Crippen LogP contribution in [0.5, 0.6) is 11.5 Å². The summed E-state index contributed by atoms with van der Waals surface area (Å²) in [5.41, 5.74) is 9.81. The number of benzene rings is 4. The van der Waals surface area contributed by atoms with Crippen LogP contribution in [0.1, 0.15) is 63.8 Å². The molecule has 0 saturated carbocycles. The molecule has 1 amide bonds. The van der Waals surface area contributed by atoms with E-state index in [-0.39, 0.29) is 6.42 Å². The fourth-order valence-corrected chi connectivity index (χ4v) is 12.3. The summed E-state index contributed by atoms with van der Waals surface area (Å²) in [5, 5.41) is 0. The van der Waals surface area contributed by atoms with Crippen LogP contribution >= 0.6 is 0 Å². The van der Waals surface area contributed by atoms with Gasteiger partial charge in [0.05, 0.1) is 13.0 Å². The van der Waals surface area contributed by atoms with E-state index in [1.807, 2.05) is 72.8 Å². The molecule has 6 heteroatoms. The zero-order chi connectivity index (χ0) is 31.7. The van der Waals surface area contributed by atoms with Crippen LogP contribution in [0.2, 0.25) is 16.6 Å². The van der Waals surface area contributed by atoms with Gasteiger partial charge in [-0.1, -0.05) is 133 Å². The van der Waals surface area contributed by atoms with Crippen molar-refractivity contribution in [3.05, 3.63) is 131 Å². The largest absolute Gasteiger partial charge is 0.491 e. The third kappa shape index (κ3) is 7.25. The Morgan fingerprint density at radius 2 is 1.09 bits per heavy atom. The average Bonchev–Trinajstić information content (AvgIpc) is 3.00.